The number of ether oxygens (including phenoxy) is 2. The molecule has 0 atom stereocenters. The van der Waals surface area contributed by atoms with Crippen LogP contribution < -0.4 is 0 Å². The second-order valence-electron chi connectivity index (χ2n) is 6.57. The van der Waals surface area contributed by atoms with Gasteiger partial charge in [0.2, 0.25) is 0 Å². The van der Waals surface area contributed by atoms with E-state index in [4.69, 9.17) is 9.47 Å². The minimum absolute atomic E-state index is 0.191. The molecule has 0 bridgehead atoms. The normalized spacial score (nSPS) is 11.7. The van der Waals surface area contributed by atoms with Crippen LogP contribution in [0.1, 0.15) is 104 Å². The predicted octanol–water partition coefficient (Wildman–Crippen LogP) is 6.56. The summed E-state index contributed by atoms with van der Waals surface area (Å²) in [5.74, 6) is 0.420. The van der Waals surface area contributed by atoms with E-state index in [0.717, 1.165) is 32.2 Å². The Hall–Kier alpha value is -0.830. The molecule has 24 heavy (non-hydrogen) atoms. The van der Waals surface area contributed by atoms with Gasteiger partial charge in [-0.15, -0.1) is 0 Å². The van der Waals surface area contributed by atoms with Gasteiger partial charge >= 0.3 is 0 Å². The minimum atomic E-state index is 0.191. The summed E-state index contributed by atoms with van der Waals surface area (Å²) in [4.78, 5) is 11.0. The summed E-state index contributed by atoms with van der Waals surface area (Å²) in [6, 6.07) is 0. The maximum atomic E-state index is 11.0. The van der Waals surface area contributed by atoms with E-state index < -0.39 is 0 Å². The molecule has 0 amide bonds. The first-order valence-corrected chi connectivity index (χ1v) is 10.2. The second-order valence-corrected chi connectivity index (χ2v) is 6.57. The Morgan fingerprint density at radius 2 is 1.29 bits per heavy atom. The number of carbonyl (C=O) groups is 1. The molecule has 0 aromatic heterocycles. The topological polar surface area (TPSA) is 35.5 Å². The van der Waals surface area contributed by atoms with Crippen molar-refractivity contribution >= 4 is 6.29 Å². The van der Waals surface area contributed by atoms with Crippen molar-refractivity contribution in [3.05, 3.63) is 11.8 Å². The van der Waals surface area contributed by atoms with Gasteiger partial charge in [-0.1, -0.05) is 84.5 Å². The van der Waals surface area contributed by atoms with Gasteiger partial charge in [-0.3, -0.25) is 4.79 Å². The summed E-state index contributed by atoms with van der Waals surface area (Å²) in [6.45, 7) is 5.38. The van der Waals surface area contributed by atoms with Crippen LogP contribution in [-0.4, -0.2) is 19.7 Å². The molecule has 0 aliphatic rings. The summed E-state index contributed by atoms with van der Waals surface area (Å²) >= 11 is 0. The third-order valence-corrected chi connectivity index (χ3v) is 4.22. The SMILES string of the molecule is CCCCCCCCC=C(C=O)OCOCCCCCCCCC. The zero-order valence-electron chi connectivity index (χ0n) is 16.2. The van der Waals surface area contributed by atoms with Gasteiger partial charge in [-0.25, -0.2) is 0 Å². The lowest BCUT2D eigenvalue weighted by Crippen LogP contribution is -2.02. The lowest BCUT2D eigenvalue weighted by atomic mass is 10.1. The standard InChI is InChI=1S/C21H40O3/c1-3-5-7-9-11-13-15-17-21(19-22)24-20-23-18-16-14-12-10-8-6-4-2/h17,19H,3-16,18,20H2,1-2H3. The third-order valence-electron chi connectivity index (χ3n) is 4.22. The summed E-state index contributed by atoms with van der Waals surface area (Å²) in [7, 11) is 0. The fourth-order valence-electron chi connectivity index (χ4n) is 2.64. The molecule has 0 aromatic carbocycles. The van der Waals surface area contributed by atoms with Gasteiger partial charge in [0.15, 0.2) is 18.8 Å². The van der Waals surface area contributed by atoms with Crippen molar-refractivity contribution in [1.82, 2.24) is 0 Å². The Balaban J connectivity index is 3.41. The van der Waals surface area contributed by atoms with Crippen LogP contribution in [0.2, 0.25) is 0 Å². The van der Waals surface area contributed by atoms with Crippen LogP contribution in [-0.2, 0) is 14.3 Å². The zero-order valence-corrected chi connectivity index (χ0v) is 16.2. The molecular weight excluding hydrogens is 300 g/mol. The molecule has 0 fully saturated rings. The molecule has 0 unspecified atom stereocenters. The number of rotatable bonds is 19. The molecule has 0 aliphatic heterocycles. The molecule has 0 radical (unpaired) electrons. The molecular formula is C21H40O3. The van der Waals surface area contributed by atoms with E-state index in [1.165, 1.54) is 70.6 Å². The van der Waals surface area contributed by atoms with E-state index in [-0.39, 0.29) is 6.79 Å². The molecule has 0 aromatic rings. The van der Waals surface area contributed by atoms with Crippen LogP contribution in [0.5, 0.6) is 0 Å². The lowest BCUT2D eigenvalue weighted by Gasteiger charge is -2.07. The van der Waals surface area contributed by atoms with Crippen LogP contribution in [0.3, 0.4) is 0 Å². The molecule has 142 valence electrons. The van der Waals surface area contributed by atoms with Gasteiger partial charge in [-0.05, 0) is 25.3 Å². The molecule has 0 heterocycles. The first-order valence-electron chi connectivity index (χ1n) is 10.2. The molecule has 3 nitrogen and oxygen atoms in total. The molecule has 0 spiro atoms. The van der Waals surface area contributed by atoms with Gasteiger partial charge in [0.25, 0.3) is 0 Å². The van der Waals surface area contributed by atoms with Crippen LogP contribution in [0.25, 0.3) is 0 Å². The largest absolute Gasteiger partial charge is 0.464 e. The van der Waals surface area contributed by atoms with Crippen LogP contribution >= 0.6 is 0 Å². The number of aldehydes is 1. The number of hydrogen-bond donors (Lipinski definition) is 0. The molecule has 0 aliphatic carbocycles. The summed E-state index contributed by atoms with van der Waals surface area (Å²) in [5.41, 5.74) is 0. The molecule has 0 rings (SSSR count). The first kappa shape index (κ1) is 23.2. The smallest absolute Gasteiger partial charge is 0.189 e. The average Bonchev–Trinajstić information content (AvgIpc) is 2.60. The summed E-state index contributed by atoms with van der Waals surface area (Å²) in [6.07, 6.45) is 20.1. The second kappa shape index (κ2) is 20.2. The van der Waals surface area contributed by atoms with E-state index in [1.54, 1.807) is 0 Å². The first-order chi connectivity index (χ1) is 11.8. The maximum Gasteiger partial charge on any atom is 0.189 e. The Bertz CT molecular complexity index is 287. The zero-order chi connectivity index (χ0) is 17.7. The highest BCUT2D eigenvalue weighted by Gasteiger charge is 1.97. The minimum Gasteiger partial charge on any atom is -0.464 e. The predicted molar refractivity (Wildman–Crippen MR) is 102 cm³/mol. The monoisotopic (exact) mass is 340 g/mol. The average molecular weight is 341 g/mol. The Labute approximate surface area is 150 Å². The lowest BCUT2D eigenvalue weighted by molar-refractivity contribution is -0.111. The maximum absolute atomic E-state index is 11.0. The van der Waals surface area contributed by atoms with E-state index in [2.05, 4.69) is 13.8 Å². The van der Waals surface area contributed by atoms with Crippen LogP contribution in [0.4, 0.5) is 0 Å². The number of allylic oxidation sites excluding steroid dienone is 2. The van der Waals surface area contributed by atoms with Gasteiger partial charge in [0.1, 0.15) is 0 Å². The quantitative estimate of drug-likeness (QED) is 0.0878. The van der Waals surface area contributed by atoms with Gasteiger partial charge in [-0.2, -0.15) is 0 Å². The number of hydrogen-bond acceptors (Lipinski definition) is 3. The molecule has 0 saturated carbocycles. The van der Waals surface area contributed by atoms with E-state index in [1.807, 2.05) is 6.08 Å². The van der Waals surface area contributed by atoms with Crippen molar-refractivity contribution in [3.63, 3.8) is 0 Å². The van der Waals surface area contributed by atoms with Crippen molar-refractivity contribution in [2.24, 2.45) is 0 Å². The Morgan fingerprint density at radius 1 is 0.750 bits per heavy atom. The summed E-state index contributed by atoms with van der Waals surface area (Å²) in [5, 5.41) is 0. The van der Waals surface area contributed by atoms with Crippen molar-refractivity contribution in [1.29, 1.82) is 0 Å². The van der Waals surface area contributed by atoms with Gasteiger partial charge in [0, 0.05) is 0 Å². The van der Waals surface area contributed by atoms with Crippen molar-refractivity contribution < 1.29 is 14.3 Å². The molecule has 0 saturated heterocycles. The third kappa shape index (κ3) is 17.5. The van der Waals surface area contributed by atoms with Crippen molar-refractivity contribution in [2.45, 2.75) is 104 Å². The highest BCUT2D eigenvalue weighted by atomic mass is 16.7. The van der Waals surface area contributed by atoms with E-state index >= 15 is 0 Å². The number of unbranched alkanes of at least 4 members (excludes halogenated alkanes) is 12. The van der Waals surface area contributed by atoms with Crippen LogP contribution in [0, 0.1) is 0 Å². The fraction of sp³-hybridized carbons (Fsp3) is 0.857. The van der Waals surface area contributed by atoms with Crippen LogP contribution in [0.15, 0.2) is 11.8 Å². The number of carbonyl (C=O) groups excluding carboxylic acids is 1. The van der Waals surface area contributed by atoms with Crippen molar-refractivity contribution in [3.8, 4) is 0 Å². The Morgan fingerprint density at radius 3 is 1.88 bits per heavy atom. The van der Waals surface area contributed by atoms with Crippen molar-refractivity contribution in [2.75, 3.05) is 13.4 Å². The Kier molecular flexibility index (Phi) is 19.5. The van der Waals surface area contributed by atoms with E-state index in [9.17, 15) is 4.79 Å². The van der Waals surface area contributed by atoms with Gasteiger partial charge < -0.3 is 9.47 Å². The molecule has 3 heteroatoms. The fourth-order valence-corrected chi connectivity index (χ4v) is 2.64. The highest BCUT2D eigenvalue weighted by molar-refractivity contribution is 5.69. The van der Waals surface area contributed by atoms with Gasteiger partial charge in [0.05, 0.1) is 6.61 Å². The molecule has 0 N–H and O–H groups in total. The summed E-state index contributed by atoms with van der Waals surface area (Å²) < 4.78 is 10.8. The van der Waals surface area contributed by atoms with E-state index in [0.29, 0.717) is 5.76 Å². The highest BCUT2D eigenvalue weighted by Crippen LogP contribution is 2.09.